The Morgan fingerprint density at radius 3 is 2.70 bits per heavy atom. The second kappa shape index (κ2) is 5.85. The van der Waals surface area contributed by atoms with Gasteiger partial charge >= 0.3 is 0 Å². The molecule has 2 aromatic carbocycles. The van der Waals surface area contributed by atoms with E-state index in [0.717, 1.165) is 22.1 Å². The van der Waals surface area contributed by atoms with Gasteiger partial charge in [-0.1, -0.05) is 41.6 Å². The van der Waals surface area contributed by atoms with Crippen LogP contribution in [-0.4, -0.2) is 11.2 Å². The Labute approximate surface area is 127 Å². The molecule has 1 heterocycles. The molecule has 1 N–H and O–H groups in total. The Morgan fingerprint density at radius 2 is 1.95 bits per heavy atom. The van der Waals surface area contributed by atoms with Crippen LogP contribution in [0.25, 0.3) is 10.2 Å². The highest BCUT2D eigenvalue weighted by atomic mass is 32.2. The first-order valence-electron chi connectivity index (χ1n) is 6.48. The molecule has 0 unspecified atom stereocenters. The summed E-state index contributed by atoms with van der Waals surface area (Å²) in [6.45, 7) is 2.96. The van der Waals surface area contributed by atoms with Crippen molar-refractivity contribution in [1.29, 1.82) is 0 Å². The average molecular weight is 300 g/mol. The lowest BCUT2D eigenvalue weighted by Crippen LogP contribution is -1.98. The number of anilines is 1. The van der Waals surface area contributed by atoms with Gasteiger partial charge in [0.25, 0.3) is 0 Å². The van der Waals surface area contributed by atoms with E-state index in [1.165, 1.54) is 15.8 Å². The van der Waals surface area contributed by atoms with Crippen LogP contribution in [0.3, 0.4) is 0 Å². The van der Waals surface area contributed by atoms with Crippen LogP contribution < -0.4 is 5.32 Å². The molecule has 0 aliphatic rings. The molecule has 102 valence electrons. The normalized spacial score (nSPS) is 10.9. The second-order valence-electron chi connectivity index (χ2n) is 4.71. The lowest BCUT2D eigenvalue weighted by Gasteiger charge is -2.06. The standard InChI is InChI=1S/C16H16N2S2/c1-11-3-5-12(6-4-11)10-17-13-7-8-14-15(9-13)20-16(18-14)19-2/h3-9,17H,10H2,1-2H3. The fourth-order valence-corrected chi connectivity index (χ4v) is 3.54. The number of thiazole rings is 1. The smallest absolute Gasteiger partial charge is 0.150 e. The van der Waals surface area contributed by atoms with Crippen LogP contribution in [0.15, 0.2) is 46.8 Å². The highest BCUT2D eigenvalue weighted by Crippen LogP contribution is 2.30. The number of benzene rings is 2. The van der Waals surface area contributed by atoms with Crippen LogP contribution in [-0.2, 0) is 6.54 Å². The summed E-state index contributed by atoms with van der Waals surface area (Å²) in [5.74, 6) is 0. The van der Waals surface area contributed by atoms with Crippen molar-refractivity contribution in [3.8, 4) is 0 Å². The molecule has 0 saturated carbocycles. The van der Waals surface area contributed by atoms with E-state index in [0.29, 0.717) is 0 Å². The third kappa shape index (κ3) is 2.97. The summed E-state index contributed by atoms with van der Waals surface area (Å²) in [7, 11) is 0. The van der Waals surface area contributed by atoms with Crippen molar-refractivity contribution in [2.75, 3.05) is 11.6 Å². The summed E-state index contributed by atoms with van der Waals surface area (Å²) in [4.78, 5) is 4.55. The van der Waals surface area contributed by atoms with Gasteiger partial charge in [-0.2, -0.15) is 0 Å². The van der Waals surface area contributed by atoms with Crippen molar-refractivity contribution in [2.45, 2.75) is 17.8 Å². The molecule has 20 heavy (non-hydrogen) atoms. The molecule has 0 bridgehead atoms. The van der Waals surface area contributed by atoms with Gasteiger partial charge in [-0.05, 0) is 36.9 Å². The zero-order chi connectivity index (χ0) is 13.9. The molecule has 0 saturated heterocycles. The fraction of sp³-hybridized carbons (Fsp3) is 0.188. The Morgan fingerprint density at radius 1 is 1.15 bits per heavy atom. The predicted molar refractivity (Wildman–Crippen MR) is 89.9 cm³/mol. The number of aryl methyl sites for hydroxylation is 1. The van der Waals surface area contributed by atoms with Gasteiger partial charge in [0.1, 0.15) is 0 Å². The number of hydrogen-bond donors (Lipinski definition) is 1. The fourth-order valence-electron chi connectivity index (χ4n) is 2.01. The molecule has 0 amide bonds. The van der Waals surface area contributed by atoms with Gasteiger partial charge in [0, 0.05) is 12.2 Å². The summed E-state index contributed by atoms with van der Waals surface area (Å²) >= 11 is 3.45. The summed E-state index contributed by atoms with van der Waals surface area (Å²) in [6.07, 6.45) is 2.06. The van der Waals surface area contributed by atoms with Crippen molar-refractivity contribution in [2.24, 2.45) is 0 Å². The van der Waals surface area contributed by atoms with Crippen LogP contribution in [0.1, 0.15) is 11.1 Å². The zero-order valence-electron chi connectivity index (χ0n) is 11.5. The van der Waals surface area contributed by atoms with Gasteiger partial charge in [-0.3, -0.25) is 0 Å². The monoisotopic (exact) mass is 300 g/mol. The minimum absolute atomic E-state index is 0.847. The molecule has 3 aromatic rings. The SMILES string of the molecule is CSc1nc2ccc(NCc3ccc(C)cc3)cc2s1. The zero-order valence-corrected chi connectivity index (χ0v) is 13.1. The molecule has 0 aliphatic heterocycles. The summed E-state index contributed by atoms with van der Waals surface area (Å²) in [5, 5.41) is 3.47. The highest BCUT2D eigenvalue weighted by Gasteiger charge is 2.03. The number of nitrogens with one attached hydrogen (secondary N) is 1. The van der Waals surface area contributed by atoms with Crippen molar-refractivity contribution < 1.29 is 0 Å². The van der Waals surface area contributed by atoms with E-state index < -0.39 is 0 Å². The lowest BCUT2D eigenvalue weighted by molar-refractivity contribution is 1.15. The Hall–Kier alpha value is -1.52. The molecule has 3 rings (SSSR count). The topological polar surface area (TPSA) is 24.9 Å². The molecule has 0 atom stereocenters. The maximum atomic E-state index is 4.55. The van der Waals surface area contributed by atoms with Crippen molar-refractivity contribution in [1.82, 2.24) is 4.98 Å². The summed E-state index contributed by atoms with van der Waals surface area (Å²) < 4.78 is 2.36. The average Bonchev–Trinajstić information content (AvgIpc) is 2.89. The maximum absolute atomic E-state index is 4.55. The lowest BCUT2D eigenvalue weighted by atomic mass is 10.1. The molecular formula is C16H16N2S2. The van der Waals surface area contributed by atoms with Gasteiger partial charge < -0.3 is 5.32 Å². The van der Waals surface area contributed by atoms with Crippen LogP contribution in [0.4, 0.5) is 5.69 Å². The highest BCUT2D eigenvalue weighted by molar-refractivity contribution is 8.00. The third-order valence-corrected chi connectivity index (χ3v) is 5.16. The number of rotatable bonds is 4. The van der Waals surface area contributed by atoms with E-state index in [-0.39, 0.29) is 0 Å². The second-order valence-corrected chi connectivity index (χ2v) is 6.79. The predicted octanol–water partition coefficient (Wildman–Crippen LogP) is 4.94. The van der Waals surface area contributed by atoms with E-state index in [1.54, 1.807) is 23.1 Å². The van der Waals surface area contributed by atoms with E-state index in [1.807, 2.05) is 0 Å². The number of fused-ring (bicyclic) bond motifs is 1. The molecule has 2 nitrogen and oxygen atoms in total. The van der Waals surface area contributed by atoms with E-state index in [2.05, 4.69) is 65.9 Å². The Bertz CT molecular complexity index is 717. The van der Waals surface area contributed by atoms with Gasteiger partial charge in [0.15, 0.2) is 4.34 Å². The third-order valence-electron chi connectivity index (χ3n) is 3.16. The first-order chi connectivity index (χ1) is 9.74. The largest absolute Gasteiger partial charge is 0.381 e. The van der Waals surface area contributed by atoms with Crippen LogP contribution in [0, 0.1) is 6.92 Å². The van der Waals surface area contributed by atoms with E-state index in [9.17, 15) is 0 Å². The van der Waals surface area contributed by atoms with Gasteiger partial charge in [0.2, 0.25) is 0 Å². The minimum atomic E-state index is 0.847. The first-order valence-corrected chi connectivity index (χ1v) is 8.53. The first kappa shape index (κ1) is 13.5. The van der Waals surface area contributed by atoms with Gasteiger partial charge in [-0.25, -0.2) is 4.98 Å². The molecule has 1 aromatic heterocycles. The quantitative estimate of drug-likeness (QED) is 0.691. The molecule has 0 fully saturated rings. The van der Waals surface area contributed by atoms with E-state index >= 15 is 0 Å². The van der Waals surface area contributed by atoms with Crippen molar-refractivity contribution in [3.63, 3.8) is 0 Å². The van der Waals surface area contributed by atoms with E-state index in [4.69, 9.17) is 0 Å². The number of hydrogen-bond acceptors (Lipinski definition) is 4. The Kier molecular flexibility index (Phi) is 3.94. The molecule has 4 heteroatoms. The van der Waals surface area contributed by atoms with Gasteiger partial charge in [0.05, 0.1) is 10.2 Å². The van der Waals surface area contributed by atoms with Crippen molar-refractivity contribution >= 4 is 39.0 Å². The summed E-state index contributed by atoms with van der Waals surface area (Å²) in [6, 6.07) is 15.0. The summed E-state index contributed by atoms with van der Waals surface area (Å²) in [5.41, 5.74) is 4.82. The van der Waals surface area contributed by atoms with Gasteiger partial charge in [-0.15, -0.1) is 11.3 Å². The van der Waals surface area contributed by atoms with Crippen LogP contribution in [0.2, 0.25) is 0 Å². The number of aromatic nitrogens is 1. The van der Waals surface area contributed by atoms with Crippen LogP contribution >= 0.6 is 23.1 Å². The molecule has 0 radical (unpaired) electrons. The number of thioether (sulfide) groups is 1. The molecule has 0 aliphatic carbocycles. The van der Waals surface area contributed by atoms with Crippen LogP contribution in [0.5, 0.6) is 0 Å². The maximum Gasteiger partial charge on any atom is 0.150 e. The minimum Gasteiger partial charge on any atom is -0.381 e. The molecule has 0 spiro atoms. The Balaban J connectivity index is 1.75. The number of nitrogens with zero attached hydrogens (tertiary/aromatic N) is 1. The van der Waals surface area contributed by atoms with Crippen molar-refractivity contribution in [3.05, 3.63) is 53.6 Å². The molecular weight excluding hydrogens is 284 g/mol.